The minimum absolute atomic E-state index is 0.208. The summed E-state index contributed by atoms with van der Waals surface area (Å²) in [5.41, 5.74) is 2.25. The van der Waals surface area contributed by atoms with Gasteiger partial charge in [0, 0.05) is 5.69 Å². The topological polar surface area (TPSA) is 46.4 Å². The van der Waals surface area contributed by atoms with Gasteiger partial charge in [-0.05, 0) is 41.8 Å². The average molecular weight is 418 g/mol. The van der Waals surface area contributed by atoms with Crippen molar-refractivity contribution in [1.82, 2.24) is 0 Å². The second kappa shape index (κ2) is 11.3. The van der Waals surface area contributed by atoms with Crippen LogP contribution in [0.3, 0.4) is 0 Å². The minimum atomic E-state index is -0.486. The van der Waals surface area contributed by atoms with Crippen molar-refractivity contribution in [2.24, 2.45) is 0 Å². The van der Waals surface area contributed by atoms with Crippen LogP contribution in [0, 0.1) is 5.82 Å². The lowest BCUT2D eigenvalue weighted by molar-refractivity contribution is -0.903. The summed E-state index contributed by atoms with van der Waals surface area (Å²) in [6.07, 6.45) is -0.486. The van der Waals surface area contributed by atoms with Crippen LogP contribution >= 0.6 is 0 Å². The fourth-order valence-electron chi connectivity index (χ4n) is 3.85. The molecule has 2 N–H and O–H groups in total. The molecule has 3 rings (SSSR count). The predicted octanol–water partition coefficient (Wildman–Crippen LogP) is 2.11. The number of benzene rings is 2. The van der Waals surface area contributed by atoms with E-state index < -0.39 is 6.10 Å². The lowest BCUT2D eigenvalue weighted by atomic mass is 10.0. The Morgan fingerprint density at radius 3 is 2.43 bits per heavy atom. The maximum Gasteiger partial charge on any atom is 0.126 e. The van der Waals surface area contributed by atoms with Crippen molar-refractivity contribution in [1.29, 1.82) is 0 Å². The first-order chi connectivity index (χ1) is 14.5. The van der Waals surface area contributed by atoms with Gasteiger partial charge in [-0.2, -0.15) is 0 Å². The Labute approximate surface area is 179 Å². The molecule has 0 bridgehead atoms. The first kappa shape index (κ1) is 22.5. The second-order valence-electron chi connectivity index (χ2n) is 8.19. The predicted molar refractivity (Wildman–Crippen MR) is 117 cm³/mol. The molecule has 0 unspecified atom stereocenters. The number of hydrogen-bond donors (Lipinski definition) is 2. The van der Waals surface area contributed by atoms with Gasteiger partial charge in [0.15, 0.2) is 0 Å². The number of ether oxygens (including phenoxy) is 2. The van der Waals surface area contributed by atoms with E-state index in [4.69, 9.17) is 9.47 Å². The Morgan fingerprint density at radius 2 is 1.73 bits per heavy atom. The van der Waals surface area contributed by atoms with Crippen LogP contribution in [-0.4, -0.2) is 63.8 Å². The summed E-state index contributed by atoms with van der Waals surface area (Å²) in [5, 5.41) is 10.3. The molecule has 0 aromatic heterocycles. The van der Waals surface area contributed by atoms with E-state index in [1.54, 1.807) is 0 Å². The van der Waals surface area contributed by atoms with Crippen LogP contribution in [0.25, 0.3) is 0 Å². The molecule has 6 heteroatoms. The summed E-state index contributed by atoms with van der Waals surface area (Å²) in [6, 6.07) is 14.7. The molecule has 164 valence electrons. The van der Waals surface area contributed by atoms with Gasteiger partial charge in [-0.3, -0.25) is 0 Å². The van der Waals surface area contributed by atoms with Crippen LogP contribution in [0.15, 0.2) is 48.5 Å². The van der Waals surface area contributed by atoms with Crippen LogP contribution < -0.4 is 14.5 Å². The van der Waals surface area contributed by atoms with Crippen molar-refractivity contribution in [3.8, 4) is 5.75 Å². The Kier molecular flexibility index (Phi) is 8.49. The quantitative estimate of drug-likeness (QED) is 0.582. The van der Waals surface area contributed by atoms with Crippen molar-refractivity contribution < 1.29 is 23.9 Å². The average Bonchev–Trinajstić information content (AvgIpc) is 2.75. The number of nitrogens with zero attached hydrogens (tertiary/aromatic N) is 1. The Balaban J connectivity index is 1.30. The van der Waals surface area contributed by atoms with Gasteiger partial charge in [0.2, 0.25) is 0 Å². The fourth-order valence-corrected chi connectivity index (χ4v) is 3.85. The van der Waals surface area contributed by atoms with Crippen molar-refractivity contribution in [3.63, 3.8) is 0 Å². The SMILES string of the molecule is CC(C)c1ccccc1OCCOC[C@H](O)C[NH+]1CCN(c2ccc(F)cc2)CC1. The molecule has 1 heterocycles. The number of aliphatic hydroxyl groups is 1. The number of hydrogen-bond acceptors (Lipinski definition) is 4. The fraction of sp³-hybridized carbons (Fsp3) is 0.500. The van der Waals surface area contributed by atoms with E-state index in [1.165, 1.54) is 22.6 Å². The number of piperazine rings is 1. The smallest absolute Gasteiger partial charge is 0.126 e. The molecule has 0 spiro atoms. The molecular formula is C24H34FN2O3+. The van der Waals surface area contributed by atoms with Crippen molar-refractivity contribution >= 4 is 5.69 Å². The third-order valence-electron chi connectivity index (χ3n) is 5.52. The highest BCUT2D eigenvalue weighted by Crippen LogP contribution is 2.25. The van der Waals surface area contributed by atoms with Gasteiger partial charge in [0.25, 0.3) is 0 Å². The van der Waals surface area contributed by atoms with E-state index in [0.717, 1.165) is 37.6 Å². The number of aliphatic hydroxyl groups excluding tert-OH is 1. The van der Waals surface area contributed by atoms with E-state index in [0.29, 0.717) is 32.3 Å². The zero-order chi connectivity index (χ0) is 21.3. The molecule has 0 aliphatic carbocycles. The summed E-state index contributed by atoms with van der Waals surface area (Å²) in [4.78, 5) is 3.63. The zero-order valence-corrected chi connectivity index (χ0v) is 18.0. The Bertz CT molecular complexity index is 761. The molecule has 30 heavy (non-hydrogen) atoms. The molecule has 5 nitrogen and oxygen atoms in total. The van der Waals surface area contributed by atoms with Crippen LogP contribution in [0.5, 0.6) is 5.75 Å². The molecule has 1 aliphatic rings. The Morgan fingerprint density at radius 1 is 1.03 bits per heavy atom. The highest BCUT2D eigenvalue weighted by Gasteiger charge is 2.22. The number of halogens is 1. The molecular weight excluding hydrogens is 383 g/mol. The second-order valence-corrected chi connectivity index (χ2v) is 8.19. The summed E-state index contributed by atoms with van der Waals surface area (Å²) < 4.78 is 24.6. The number of rotatable bonds is 10. The van der Waals surface area contributed by atoms with Crippen molar-refractivity contribution in [2.75, 3.05) is 57.4 Å². The molecule has 1 fully saturated rings. The third kappa shape index (κ3) is 6.69. The zero-order valence-electron chi connectivity index (χ0n) is 18.0. The maximum absolute atomic E-state index is 13.1. The van der Waals surface area contributed by atoms with Gasteiger partial charge in [-0.15, -0.1) is 0 Å². The van der Waals surface area contributed by atoms with Gasteiger partial charge in [-0.25, -0.2) is 4.39 Å². The molecule has 2 aromatic rings. The van der Waals surface area contributed by atoms with E-state index in [9.17, 15) is 9.50 Å². The minimum Gasteiger partial charge on any atom is -0.491 e. The monoisotopic (exact) mass is 417 g/mol. The van der Waals surface area contributed by atoms with E-state index in [-0.39, 0.29) is 5.82 Å². The number of para-hydroxylation sites is 1. The van der Waals surface area contributed by atoms with Gasteiger partial charge >= 0.3 is 0 Å². The number of quaternary nitrogens is 1. The van der Waals surface area contributed by atoms with Crippen LogP contribution in [0.4, 0.5) is 10.1 Å². The van der Waals surface area contributed by atoms with E-state index in [2.05, 4.69) is 24.8 Å². The van der Waals surface area contributed by atoms with Crippen molar-refractivity contribution in [3.05, 3.63) is 59.9 Å². The highest BCUT2D eigenvalue weighted by molar-refractivity contribution is 5.46. The van der Waals surface area contributed by atoms with Gasteiger partial charge < -0.3 is 24.4 Å². The normalized spacial score (nSPS) is 16.1. The van der Waals surface area contributed by atoms with Gasteiger partial charge in [-0.1, -0.05) is 32.0 Å². The number of anilines is 1. The van der Waals surface area contributed by atoms with Gasteiger partial charge in [0.05, 0.1) is 39.4 Å². The van der Waals surface area contributed by atoms with Crippen LogP contribution in [0.2, 0.25) is 0 Å². The first-order valence-electron chi connectivity index (χ1n) is 10.8. The Hall–Kier alpha value is -2.15. The van der Waals surface area contributed by atoms with E-state index >= 15 is 0 Å². The first-order valence-corrected chi connectivity index (χ1v) is 10.8. The van der Waals surface area contributed by atoms with Crippen LogP contribution in [-0.2, 0) is 4.74 Å². The standard InChI is InChI=1S/C24H33FN2O3/c1-19(2)23-5-3-4-6-24(23)30-16-15-29-18-22(28)17-26-11-13-27(14-12-26)21-9-7-20(25)8-10-21/h3-10,19,22,28H,11-18H2,1-2H3/p+1/t22-/m1/s1. The summed E-state index contributed by atoms with van der Waals surface area (Å²) >= 11 is 0. The summed E-state index contributed by atoms with van der Waals surface area (Å²) in [7, 11) is 0. The van der Waals surface area contributed by atoms with Crippen molar-refractivity contribution in [2.45, 2.75) is 25.9 Å². The molecule has 0 saturated carbocycles. The molecule has 1 aliphatic heterocycles. The largest absolute Gasteiger partial charge is 0.491 e. The van der Waals surface area contributed by atoms with Crippen LogP contribution in [0.1, 0.15) is 25.3 Å². The highest BCUT2D eigenvalue weighted by atomic mass is 19.1. The molecule has 0 amide bonds. The molecule has 2 aromatic carbocycles. The summed E-state index contributed by atoms with van der Waals surface area (Å²) in [6.45, 7) is 9.92. The lowest BCUT2D eigenvalue weighted by Crippen LogP contribution is -3.16. The molecule has 0 radical (unpaired) electrons. The van der Waals surface area contributed by atoms with Gasteiger partial charge in [0.1, 0.15) is 30.8 Å². The third-order valence-corrected chi connectivity index (χ3v) is 5.52. The summed E-state index contributed by atoms with van der Waals surface area (Å²) in [5.74, 6) is 1.11. The lowest BCUT2D eigenvalue weighted by Gasteiger charge is -2.34. The number of nitrogens with one attached hydrogen (secondary N) is 1. The van der Waals surface area contributed by atoms with E-state index in [1.807, 2.05) is 30.3 Å². The molecule has 1 saturated heterocycles. The maximum atomic E-state index is 13.1. The molecule has 1 atom stereocenters.